The molecule has 0 aromatic heterocycles. The van der Waals surface area contributed by atoms with E-state index in [0.29, 0.717) is 0 Å². The zero-order valence-corrected chi connectivity index (χ0v) is 10.5. The van der Waals surface area contributed by atoms with Crippen LogP contribution in [0.5, 0.6) is 0 Å². The molecular formula is C14H17NS. The number of fused-ring (bicyclic) bond motifs is 1. The van der Waals surface area contributed by atoms with Gasteiger partial charge in [0.1, 0.15) is 0 Å². The largest absolute Gasteiger partial charge is 0.301 e. The molecule has 16 heavy (non-hydrogen) atoms. The lowest BCUT2D eigenvalue weighted by atomic mass is 10.1. The van der Waals surface area contributed by atoms with Crippen molar-refractivity contribution in [2.45, 2.75) is 6.54 Å². The Morgan fingerprint density at radius 1 is 1.06 bits per heavy atom. The van der Waals surface area contributed by atoms with Crippen LogP contribution in [0.4, 0.5) is 0 Å². The van der Waals surface area contributed by atoms with Crippen molar-refractivity contribution in [2.75, 3.05) is 19.3 Å². The van der Waals surface area contributed by atoms with E-state index < -0.39 is 0 Å². The average Bonchev–Trinajstić information content (AvgIpc) is 2.29. The minimum Gasteiger partial charge on any atom is -0.301 e. The number of hydrogen-bond acceptors (Lipinski definition) is 2. The Hall–Kier alpha value is -0.990. The van der Waals surface area contributed by atoms with Crippen LogP contribution in [-0.2, 0) is 6.54 Å². The third-order valence-corrected chi connectivity index (χ3v) is 2.95. The highest BCUT2D eigenvalue weighted by Gasteiger charge is 2.00. The van der Waals surface area contributed by atoms with Gasteiger partial charge >= 0.3 is 0 Å². The van der Waals surface area contributed by atoms with Crippen LogP contribution >= 0.6 is 12.6 Å². The smallest absolute Gasteiger partial charge is 0.0231 e. The SMILES string of the molecule is CN(CCS)Cc1ccc2ccccc2c1. The summed E-state index contributed by atoms with van der Waals surface area (Å²) in [5.41, 5.74) is 1.36. The molecule has 0 saturated carbocycles. The van der Waals surface area contributed by atoms with E-state index in [1.54, 1.807) is 0 Å². The Kier molecular flexibility index (Phi) is 3.86. The highest BCUT2D eigenvalue weighted by Crippen LogP contribution is 2.16. The van der Waals surface area contributed by atoms with E-state index in [4.69, 9.17) is 0 Å². The van der Waals surface area contributed by atoms with E-state index in [2.05, 4.69) is 67.0 Å². The molecule has 0 fully saturated rings. The fourth-order valence-corrected chi connectivity index (χ4v) is 2.24. The Balaban J connectivity index is 2.19. The van der Waals surface area contributed by atoms with Crippen LogP contribution in [-0.4, -0.2) is 24.2 Å². The van der Waals surface area contributed by atoms with Crippen LogP contribution in [0.15, 0.2) is 42.5 Å². The van der Waals surface area contributed by atoms with Gasteiger partial charge in [-0.3, -0.25) is 0 Å². The van der Waals surface area contributed by atoms with Gasteiger partial charge in [-0.15, -0.1) is 0 Å². The van der Waals surface area contributed by atoms with E-state index >= 15 is 0 Å². The van der Waals surface area contributed by atoms with Crippen molar-refractivity contribution in [2.24, 2.45) is 0 Å². The van der Waals surface area contributed by atoms with E-state index in [1.807, 2.05) is 0 Å². The van der Waals surface area contributed by atoms with Gasteiger partial charge in [0.15, 0.2) is 0 Å². The summed E-state index contributed by atoms with van der Waals surface area (Å²) in [7, 11) is 2.13. The number of benzene rings is 2. The predicted molar refractivity (Wildman–Crippen MR) is 74.1 cm³/mol. The second-order valence-corrected chi connectivity index (χ2v) is 4.59. The Morgan fingerprint density at radius 2 is 1.81 bits per heavy atom. The third-order valence-electron chi connectivity index (χ3n) is 2.75. The van der Waals surface area contributed by atoms with Crippen LogP contribution in [0.2, 0.25) is 0 Å². The molecule has 0 saturated heterocycles. The molecule has 0 aliphatic carbocycles. The number of rotatable bonds is 4. The first-order valence-corrected chi connectivity index (χ1v) is 6.20. The van der Waals surface area contributed by atoms with Gasteiger partial charge in [0.05, 0.1) is 0 Å². The second kappa shape index (κ2) is 5.37. The molecule has 2 heteroatoms. The summed E-state index contributed by atoms with van der Waals surface area (Å²) in [6, 6.07) is 15.1. The standard InChI is InChI=1S/C14H17NS/c1-15(8-9-16)11-12-6-7-13-4-2-3-5-14(13)10-12/h2-7,10,16H,8-9,11H2,1H3. The summed E-state index contributed by atoms with van der Waals surface area (Å²) >= 11 is 4.24. The van der Waals surface area contributed by atoms with Crippen LogP contribution in [0.25, 0.3) is 10.8 Å². The summed E-state index contributed by atoms with van der Waals surface area (Å²) in [6.07, 6.45) is 0. The van der Waals surface area contributed by atoms with Gasteiger partial charge in [0.2, 0.25) is 0 Å². The molecule has 0 heterocycles. The highest BCUT2D eigenvalue weighted by atomic mass is 32.1. The van der Waals surface area contributed by atoms with Crippen LogP contribution in [0.1, 0.15) is 5.56 Å². The minimum atomic E-state index is 0.907. The lowest BCUT2D eigenvalue weighted by molar-refractivity contribution is 0.349. The molecule has 84 valence electrons. The highest BCUT2D eigenvalue weighted by molar-refractivity contribution is 7.80. The van der Waals surface area contributed by atoms with Gasteiger partial charge < -0.3 is 4.90 Å². The van der Waals surface area contributed by atoms with Crippen molar-refractivity contribution in [3.8, 4) is 0 Å². The van der Waals surface area contributed by atoms with E-state index in [1.165, 1.54) is 16.3 Å². The second-order valence-electron chi connectivity index (χ2n) is 4.14. The van der Waals surface area contributed by atoms with Gasteiger partial charge in [-0.2, -0.15) is 12.6 Å². The van der Waals surface area contributed by atoms with Gasteiger partial charge in [-0.05, 0) is 29.4 Å². The normalized spacial score (nSPS) is 11.2. The predicted octanol–water partition coefficient (Wildman–Crippen LogP) is 3.20. The molecule has 0 aliphatic heterocycles. The molecule has 0 spiro atoms. The van der Waals surface area contributed by atoms with Gasteiger partial charge in [0.25, 0.3) is 0 Å². The van der Waals surface area contributed by atoms with Crippen molar-refractivity contribution in [1.29, 1.82) is 0 Å². The maximum absolute atomic E-state index is 4.24. The van der Waals surface area contributed by atoms with Crippen molar-refractivity contribution in [1.82, 2.24) is 4.90 Å². The van der Waals surface area contributed by atoms with Crippen LogP contribution in [0.3, 0.4) is 0 Å². The third kappa shape index (κ3) is 2.77. The molecule has 2 aromatic rings. The summed E-state index contributed by atoms with van der Waals surface area (Å²) in [5.74, 6) is 0.907. The van der Waals surface area contributed by atoms with E-state index in [9.17, 15) is 0 Å². The van der Waals surface area contributed by atoms with Crippen molar-refractivity contribution in [3.05, 3.63) is 48.0 Å². The Morgan fingerprint density at radius 3 is 2.56 bits per heavy atom. The number of nitrogens with zero attached hydrogens (tertiary/aromatic N) is 1. The monoisotopic (exact) mass is 231 g/mol. The summed E-state index contributed by atoms with van der Waals surface area (Å²) < 4.78 is 0. The van der Waals surface area contributed by atoms with Gasteiger partial charge in [0, 0.05) is 18.8 Å². The molecular weight excluding hydrogens is 214 g/mol. The van der Waals surface area contributed by atoms with Crippen LogP contribution in [0, 0.1) is 0 Å². The molecule has 0 radical (unpaired) electrons. The molecule has 0 atom stereocenters. The van der Waals surface area contributed by atoms with E-state index in [-0.39, 0.29) is 0 Å². The molecule has 0 aliphatic rings. The Labute approximate surface area is 102 Å². The maximum atomic E-state index is 4.24. The molecule has 0 amide bonds. The molecule has 2 rings (SSSR count). The molecule has 1 nitrogen and oxygen atoms in total. The first kappa shape index (κ1) is 11.5. The molecule has 0 unspecified atom stereocenters. The Bertz CT molecular complexity index is 467. The number of hydrogen-bond donors (Lipinski definition) is 1. The summed E-state index contributed by atoms with van der Waals surface area (Å²) in [6.45, 7) is 2.02. The molecule has 0 N–H and O–H groups in total. The van der Waals surface area contributed by atoms with Crippen LogP contribution < -0.4 is 0 Å². The quantitative estimate of drug-likeness (QED) is 0.791. The lowest BCUT2D eigenvalue weighted by Gasteiger charge is -2.15. The maximum Gasteiger partial charge on any atom is 0.0231 e. The summed E-state index contributed by atoms with van der Waals surface area (Å²) in [5, 5.41) is 2.63. The topological polar surface area (TPSA) is 3.24 Å². The zero-order chi connectivity index (χ0) is 11.4. The first-order chi connectivity index (χ1) is 7.79. The fourth-order valence-electron chi connectivity index (χ4n) is 1.90. The molecule has 2 aromatic carbocycles. The molecule has 0 bridgehead atoms. The average molecular weight is 231 g/mol. The van der Waals surface area contributed by atoms with Crippen molar-refractivity contribution >= 4 is 23.4 Å². The van der Waals surface area contributed by atoms with Crippen molar-refractivity contribution < 1.29 is 0 Å². The summed E-state index contributed by atoms with van der Waals surface area (Å²) in [4.78, 5) is 2.29. The minimum absolute atomic E-state index is 0.907. The fraction of sp³-hybridized carbons (Fsp3) is 0.286. The number of thiol groups is 1. The van der Waals surface area contributed by atoms with Gasteiger partial charge in [-0.1, -0.05) is 36.4 Å². The van der Waals surface area contributed by atoms with E-state index in [0.717, 1.165) is 18.8 Å². The lowest BCUT2D eigenvalue weighted by Crippen LogP contribution is -2.19. The van der Waals surface area contributed by atoms with Gasteiger partial charge in [-0.25, -0.2) is 0 Å². The van der Waals surface area contributed by atoms with Crippen molar-refractivity contribution in [3.63, 3.8) is 0 Å². The zero-order valence-electron chi connectivity index (χ0n) is 9.56. The first-order valence-electron chi connectivity index (χ1n) is 5.56.